The first kappa shape index (κ1) is 14.0. The highest BCUT2D eigenvalue weighted by molar-refractivity contribution is 5.75. The summed E-state index contributed by atoms with van der Waals surface area (Å²) in [7, 11) is 0. The number of hydrogen-bond acceptors (Lipinski definition) is 3. The average molecular weight is 250 g/mol. The van der Waals surface area contributed by atoms with Crippen molar-refractivity contribution in [2.45, 2.75) is 13.8 Å². The highest BCUT2D eigenvalue weighted by Crippen LogP contribution is 2.23. The van der Waals surface area contributed by atoms with Crippen molar-refractivity contribution >= 4 is 11.7 Å². The molecule has 0 aliphatic rings. The van der Waals surface area contributed by atoms with Crippen LogP contribution in [0.2, 0.25) is 0 Å². The summed E-state index contributed by atoms with van der Waals surface area (Å²) in [5.74, 6) is -1.43. The van der Waals surface area contributed by atoms with Crippen molar-refractivity contribution in [2.75, 3.05) is 18.0 Å². The standard InChI is InChI=1S/C13H15FN2O2/c1-9(2)7-16(8-13(17)18)12-5-3-4-11(14)10(12)6-15/h3-5,9H,7-8H2,1-2H3,(H,17,18). The van der Waals surface area contributed by atoms with Gasteiger partial charge in [0.25, 0.3) is 0 Å². The van der Waals surface area contributed by atoms with Crippen LogP contribution in [0.4, 0.5) is 10.1 Å². The largest absolute Gasteiger partial charge is 0.480 e. The zero-order valence-electron chi connectivity index (χ0n) is 10.4. The number of aliphatic carboxylic acids is 1. The first-order valence-corrected chi connectivity index (χ1v) is 5.61. The number of nitrogens with zero attached hydrogens (tertiary/aromatic N) is 2. The lowest BCUT2D eigenvalue weighted by Gasteiger charge is -2.25. The van der Waals surface area contributed by atoms with E-state index in [0.717, 1.165) is 0 Å². The van der Waals surface area contributed by atoms with E-state index in [2.05, 4.69) is 0 Å². The van der Waals surface area contributed by atoms with Gasteiger partial charge in [-0.05, 0) is 18.1 Å². The minimum absolute atomic E-state index is 0.112. The minimum atomic E-state index is -1.01. The molecule has 0 unspecified atom stereocenters. The quantitative estimate of drug-likeness (QED) is 0.870. The molecule has 1 rings (SSSR count). The molecule has 0 saturated heterocycles. The van der Waals surface area contributed by atoms with E-state index in [1.165, 1.54) is 17.0 Å². The first-order chi connectivity index (χ1) is 8.45. The van der Waals surface area contributed by atoms with Crippen LogP contribution in [0.3, 0.4) is 0 Å². The molecule has 4 nitrogen and oxygen atoms in total. The van der Waals surface area contributed by atoms with Crippen LogP contribution in [-0.4, -0.2) is 24.2 Å². The van der Waals surface area contributed by atoms with Crippen LogP contribution in [0.1, 0.15) is 19.4 Å². The smallest absolute Gasteiger partial charge is 0.323 e. The summed E-state index contributed by atoms with van der Waals surface area (Å²) in [6.45, 7) is 4.06. The molecule has 0 fully saturated rings. The molecule has 5 heteroatoms. The number of carboxylic acids is 1. The predicted octanol–water partition coefficient (Wildman–Crippen LogP) is 2.24. The third kappa shape index (κ3) is 3.45. The van der Waals surface area contributed by atoms with Crippen molar-refractivity contribution in [1.82, 2.24) is 0 Å². The summed E-state index contributed by atoms with van der Waals surface area (Å²) in [6.07, 6.45) is 0. The van der Waals surface area contributed by atoms with Crippen molar-refractivity contribution in [3.05, 3.63) is 29.6 Å². The number of carbonyl (C=O) groups is 1. The van der Waals surface area contributed by atoms with Gasteiger partial charge in [-0.25, -0.2) is 4.39 Å². The molecule has 18 heavy (non-hydrogen) atoms. The summed E-state index contributed by atoms with van der Waals surface area (Å²) in [5.41, 5.74) is 0.216. The van der Waals surface area contributed by atoms with Crippen LogP contribution >= 0.6 is 0 Å². The van der Waals surface area contributed by atoms with Gasteiger partial charge in [0.05, 0.1) is 5.69 Å². The van der Waals surface area contributed by atoms with Crippen LogP contribution in [0, 0.1) is 23.1 Å². The molecular weight excluding hydrogens is 235 g/mol. The summed E-state index contributed by atoms with van der Waals surface area (Å²) in [5, 5.41) is 17.8. The number of nitriles is 1. The maximum Gasteiger partial charge on any atom is 0.323 e. The third-order valence-corrected chi connectivity index (χ3v) is 2.36. The maximum atomic E-state index is 13.5. The molecule has 0 spiro atoms. The van der Waals surface area contributed by atoms with Crippen molar-refractivity contribution in [2.24, 2.45) is 5.92 Å². The van der Waals surface area contributed by atoms with Crippen molar-refractivity contribution < 1.29 is 14.3 Å². The number of carboxylic acid groups (broad SMARTS) is 1. The summed E-state index contributed by atoms with van der Waals surface area (Å²) in [6, 6.07) is 6.01. The van der Waals surface area contributed by atoms with E-state index in [4.69, 9.17) is 10.4 Å². The highest BCUT2D eigenvalue weighted by Gasteiger charge is 2.17. The molecular formula is C13H15FN2O2. The average Bonchev–Trinajstić information content (AvgIpc) is 2.26. The molecule has 0 saturated carbocycles. The monoisotopic (exact) mass is 250 g/mol. The van der Waals surface area contributed by atoms with Gasteiger partial charge in [0.15, 0.2) is 0 Å². The first-order valence-electron chi connectivity index (χ1n) is 5.61. The molecule has 0 heterocycles. The normalized spacial score (nSPS) is 10.2. The number of halogens is 1. The zero-order valence-corrected chi connectivity index (χ0v) is 10.4. The van der Waals surface area contributed by atoms with E-state index in [-0.39, 0.29) is 18.0 Å². The van der Waals surface area contributed by atoms with Gasteiger partial charge in [-0.2, -0.15) is 5.26 Å². The molecule has 0 bridgehead atoms. The minimum Gasteiger partial charge on any atom is -0.480 e. The van der Waals surface area contributed by atoms with Crippen molar-refractivity contribution in [3.63, 3.8) is 0 Å². The zero-order chi connectivity index (χ0) is 13.7. The Balaban J connectivity index is 3.16. The van der Waals surface area contributed by atoms with Gasteiger partial charge < -0.3 is 10.0 Å². The lowest BCUT2D eigenvalue weighted by Crippen LogP contribution is -2.33. The van der Waals surface area contributed by atoms with Gasteiger partial charge in [0, 0.05) is 6.54 Å². The molecule has 0 aliphatic heterocycles. The number of hydrogen-bond donors (Lipinski definition) is 1. The van der Waals surface area contributed by atoms with E-state index in [9.17, 15) is 9.18 Å². The Bertz CT molecular complexity index is 480. The second-order valence-electron chi connectivity index (χ2n) is 4.41. The number of rotatable bonds is 5. The van der Waals surface area contributed by atoms with Gasteiger partial charge in [-0.3, -0.25) is 4.79 Å². The Morgan fingerprint density at radius 1 is 1.56 bits per heavy atom. The molecule has 0 atom stereocenters. The predicted molar refractivity (Wildman–Crippen MR) is 65.8 cm³/mol. The topological polar surface area (TPSA) is 64.3 Å². The highest BCUT2D eigenvalue weighted by atomic mass is 19.1. The van der Waals surface area contributed by atoms with E-state index in [1.54, 1.807) is 12.1 Å². The third-order valence-electron chi connectivity index (χ3n) is 2.36. The molecule has 0 radical (unpaired) electrons. The molecule has 1 N–H and O–H groups in total. The van der Waals surface area contributed by atoms with Crippen LogP contribution < -0.4 is 4.90 Å². The number of anilines is 1. The Kier molecular flexibility index (Phi) is 4.67. The van der Waals surface area contributed by atoms with Gasteiger partial charge in [0.1, 0.15) is 24.0 Å². The SMILES string of the molecule is CC(C)CN(CC(=O)O)c1cccc(F)c1C#N. The Labute approximate surface area is 105 Å². The van der Waals surface area contributed by atoms with E-state index >= 15 is 0 Å². The van der Waals surface area contributed by atoms with Gasteiger partial charge in [0.2, 0.25) is 0 Å². The Morgan fingerprint density at radius 3 is 2.72 bits per heavy atom. The molecule has 1 aromatic rings. The van der Waals surface area contributed by atoms with Crippen LogP contribution in [0.5, 0.6) is 0 Å². The molecule has 0 amide bonds. The van der Waals surface area contributed by atoms with Crippen molar-refractivity contribution in [3.8, 4) is 6.07 Å². The fraction of sp³-hybridized carbons (Fsp3) is 0.385. The molecule has 0 aromatic heterocycles. The Morgan fingerprint density at radius 2 is 2.22 bits per heavy atom. The molecule has 0 aliphatic carbocycles. The molecule has 1 aromatic carbocycles. The van der Waals surface area contributed by atoms with E-state index in [1.807, 2.05) is 13.8 Å². The second-order valence-corrected chi connectivity index (χ2v) is 4.41. The van der Waals surface area contributed by atoms with Gasteiger partial charge >= 0.3 is 5.97 Å². The van der Waals surface area contributed by atoms with E-state index < -0.39 is 11.8 Å². The van der Waals surface area contributed by atoms with Crippen LogP contribution in [0.25, 0.3) is 0 Å². The summed E-state index contributed by atoms with van der Waals surface area (Å²) < 4.78 is 13.5. The fourth-order valence-corrected chi connectivity index (χ4v) is 1.74. The molecule has 96 valence electrons. The van der Waals surface area contributed by atoms with Crippen LogP contribution in [-0.2, 0) is 4.79 Å². The lowest BCUT2D eigenvalue weighted by molar-refractivity contribution is -0.135. The van der Waals surface area contributed by atoms with Crippen molar-refractivity contribution in [1.29, 1.82) is 5.26 Å². The van der Waals surface area contributed by atoms with Gasteiger partial charge in [-0.1, -0.05) is 19.9 Å². The number of benzene rings is 1. The summed E-state index contributed by atoms with van der Waals surface area (Å²) >= 11 is 0. The van der Waals surface area contributed by atoms with Gasteiger partial charge in [-0.15, -0.1) is 0 Å². The lowest BCUT2D eigenvalue weighted by atomic mass is 10.1. The second kappa shape index (κ2) is 6.01. The Hall–Kier alpha value is -2.09. The maximum absolute atomic E-state index is 13.5. The van der Waals surface area contributed by atoms with Crippen LogP contribution in [0.15, 0.2) is 18.2 Å². The van der Waals surface area contributed by atoms with E-state index in [0.29, 0.717) is 12.2 Å². The summed E-state index contributed by atoms with van der Waals surface area (Å²) in [4.78, 5) is 12.3. The fourth-order valence-electron chi connectivity index (χ4n) is 1.74.